The monoisotopic (exact) mass is 353 g/mol. The number of carbonyl (C=O) groups is 1. The van der Waals surface area contributed by atoms with Crippen molar-refractivity contribution >= 4 is 11.7 Å². The van der Waals surface area contributed by atoms with Gasteiger partial charge in [-0.25, -0.2) is 4.79 Å². The third-order valence-corrected chi connectivity index (χ3v) is 5.20. The predicted molar refractivity (Wildman–Crippen MR) is 105 cm³/mol. The van der Waals surface area contributed by atoms with Gasteiger partial charge in [0.25, 0.3) is 0 Å². The van der Waals surface area contributed by atoms with E-state index in [1.165, 1.54) is 17.2 Å². The molecule has 1 aromatic carbocycles. The van der Waals surface area contributed by atoms with E-state index in [-0.39, 0.29) is 22.4 Å². The van der Waals surface area contributed by atoms with Crippen LogP contribution < -0.4 is 10.9 Å². The van der Waals surface area contributed by atoms with E-state index in [4.69, 9.17) is 0 Å². The molecule has 0 aliphatic heterocycles. The first kappa shape index (κ1) is 18.2. The van der Waals surface area contributed by atoms with Crippen molar-refractivity contribution in [3.05, 3.63) is 63.6 Å². The first-order chi connectivity index (χ1) is 12.1. The number of fused-ring (bicyclic) bond motifs is 1. The molecule has 3 rings (SSSR count). The number of anilines is 1. The smallest absolute Gasteiger partial charge is 0.321 e. The minimum Gasteiger partial charge on any atom is -0.324 e. The van der Waals surface area contributed by atoms with Gasteiger partial charge in [-0.05, 0) is 46.6 Å². The number of hydrogen-bond donors (Lipinski definition) is 2. The molecule has 0 atom stereocenters. The fourth-order valence-electron chi connectivity index (χ4n) is 4.20. The molecule has 138 valence electrons. The molecule has 1 aliphatic carbocycles. The summed E-state index contributed by atoms with van der Waals surface area (Å²) in [6.45, 7) is 9.39. The van der Waals surface area contributed by atoms with Gasteiger partial charge in [-0.15, -0.1) is 0 Å². The van der Waals surface area contributed by atoms with E-state index in [2.05, 4.69) is 50.1 Å². The molecule has 0 fully saturated rings. The summed E-state index contributed by atoms with van der Waals surface area (Å²) in [5.41, 5.74) is 4.23. The molecule has 2 N–H and O–H groups in total. The van der Waals surface area contributed by atoms with Crippen LogP contribution in [-0.4, -0.2) is 23.0 Å². The number of hydrogen-bond acceptors (Lipinski definition) is 2. The zero-order valence-electron chi connectivity index (χ0n) is 16.1. The van der Waals surface area contributed by atoms with Gasteiger partial charge in [0.2, 0.25) is 5.56 Å². The highest BCUT2D eigenvalue weighted by molar-refractivity contribution is 5.89. The van der Waals surface area contributed by atoms with Crippen LogP contribution in [0, 0.1) is 0 Å². The third-order valence-electron chi connectivity index (χ3n) is 5.20. The molecule has 0 saturated carbocycles. The van der Waals surface area contributed by atoms with E-state index in [0.717, 1.165) is 12.1 Å². The lowest BCUT2D eigenvalue weighted by atomic mass is 9.82. The second-order valence-corrected chi connectivity index (χ2v) is 8.53. The minimum atomic E-state index is -0.204. The Bertz CT molecular complexity index is 896. The van der Waals surface area contributed by atoms with Crippen LogP contribution in [0.4, 0.5) is 10.5 Å². The topological polar surface area (TPSA) is 65.2 Å². The molecule has 1 aliphatic rings. The summed E-state index contributed by atoms with van der Waals surface area (Å²) in [5.74, 6) is 0. The van der Waals surface area contributed by atoms with Gasteiger partial charge in [0.1, 0.15) is 0 Å². The number of rotatable bonds is 3. The quantitative estimate of drug-likeness (QED) is 0.876. The zero-order chi connectivity index (χ0) is 19.1. The molecule has 1 aromatic heterocycles. The maximum absolute atomic E-state index is 12.5. The van der Waals surface area contributed by atoms with Gasteiger partial charge in [0.05, 0.1) is 6.54 Å². The highest BCUT2D eigenvalue weighted by Gasteiger charge is 2.41. The lowest BCUT2D eigenvalue weighted by Gasteiger charge is -2.22. The van der Waals surface area contributed by atoms with Crippen molar-refractivity contribution in [1.82, 2.24) is 9.88 Å². The number of aromatic amines is 1. The van der Waals surface area contributed by atoms with Crippen molar-refractivity contribution in [3.8, 4) is 0 Å². The summed E-state index contributed by atoms with van der Waals surface area (Å²) in [7, 11) is 1.71. The Balaban J connectivity index is 1.75. The molecule has 5 nitrogen and oxygen atoms in total. The number of urea groups is 1. The fourth-order valence-corrected chi connectivity index (χ4v) is 4.20. The predicted octanol–water partition coefficient (Wildman–Crippen LogP) is 4.00. The zero-order valence-corrected chi connectivity index (χ0v) is 16.1. The van der Waals surface area contributed by atoms with Crippen LogP contribution in [0.1, 0.15) is 50.9 Å². The molecule has 0 saturated heterocycles. The van der Waals surface area contributed by atoms with Crippen molar-refractivity contribution in [2.24, 2.45) is 0 Å². The molecule has 0 unspecified atom stereocenters. The highest BCUT2D eigenvalue weighted by Crippen LogP contribution is 2.49. The fraction of sp³-hybridized carbons (Fsp3) is 0.429. The molecule has 1 heterocycles. The number of H-pyrrole nitrogens is 1. The number of amides is 2. The Labute approximate surface area is 154 Å². The van der Waals surface area contributed by atoms with Gasteiger partial charge in [0, 0.05) is 24.5 Å². The molecule has 0 spiro atoms. The van der Waals surface area contributed by atoms with E-state index >= 15 is 0 Å². The largest absolute Gasteiger partial charge is 0.324 e. The summed E-state index contributed by atoms with van der Waals surface area (Å²) >= 11 is 0. The van der Waals surface area contributed by atoms with Crippen LogP contribution in [0.5, 0.6) is 0 Å². The van der Waals surface area contributed by atoms with Crippen molar-refractivity contribution in [1.29, 1.82) is 0 Å². The average molecular weight is 353 g/mol. The first-order valence-corrected chi connectivity index (χ1v) is 8.94. The van der Waals surface area contributed by atoms with Gasteiger partial charge < -0.3 is 15.2 Å². The second-order valence-electron chi connectivity index (χ2n) is 8.53. The van der Waals surface area contributed by atoms with Crippen molar-refractivity contribution in [3.63, 3.8) is 0 Å². The standard InChI is InChI=1S/C21H27N3O2/c1-20(2)13-21(3,4)17-11-14(9-10-16(17)20)23-19(26)24(5)12-15-7-6-8-18(25)22-15/h6-11H,12-13H2,1-5H3,(H,22,25)(H,23,26). The summed E-state index contributed by atoms with van der Waals surface area (Å²) in [5, 5.41) is 2.97. The summed E-state index contributed by atoms with van der Waals surface area (Å²) in [4.78, 5) is 28.2. The normalized spacial score (nSPS) is 16.8. The summed E-state index contributed by atoms with van der Waals surface area (Å²) in [6.07, 6.45) is 1.09. The molecule has 5 heteroatoms. The van der Waals surface area contributed by atoms with Crippen LogP contribution >= 0.6 is 0 Å². The molecule has 0 radical (unpaired) electrons. The second kappa shape index (κ2) is 6.31. The number of nitrogens with zero attached hydrogens (tertiary/aromatic N) is 1. The molecular formula is C21H27N3O2. The number of carbonyl (C=O) groups excluding carboxylic acids is 1. The molecule has 2 aromatic rings. The third kappa shape index (κ3) is 3.52. The van der Waals surface area contributed by atoms with Crippen LogP contribution in [0.15, 0.2) is 41.2 Å². The maximum Gasteiger partial charge on any atom is 0.321 e. The van der Waals surface area contributed by atoms with E-state index in [1.54, 1.807) is 24.1 Å². The Morgan fingerprint density at radius 1 is 1.12 bits per heavy atom. The molecule has 2 amide bonds. The minimum absolute atomic E-state index is 0.0923. The van der Waals surface area contributed by atoms with Crippen LogP contribution in [0.3, 0.4) is 0 Å². The van der Waals surface area contributed by atoms with E-state index in [9.17, 15) is 9.59 Å². The summed E-state index contributed by atoms with van der Waals surface area (Å²) in [6, 6.07) is 10.9. The average Bonchev–Trinajstić information content (AvgIpc) is 2.71. The first-order valence-electron chi connectivity index (χ1n) is 8.94. The lowest BCUT2D eigenvalue weighted by molar-refractivity contribution is 0.220. The Morgan fingerprint density at radius 3 is 2.50 bits per heavy atom. The van der Waals surface area contributed by atoms with Gasteiger partial charge in [0.15, 0.2) is 0 Å². The van der Waals surface area contributed by atoms with Gasteiger partial charge in [-0.2, -0.15) is 0 Å². The number of benzene rings is 1. The van der Waals surface area contributed by atoms with Gasteiger partial charge >= 0.3 is 6.03 Å². The van der Waals surface area contributed by atoms with Crippen molar-refractivity contribution < 1.29 is 4.79 Å². The Morgan fingerprint density at radius 2 is 1.81 bits per heavy atom. The van der Waals surface area contributed by atoms with E-state index < -0.39 is 0 Å². The van der Waals surface area contributed by atoms with E-state index in [1.807, 2.05) is 6.07 Å². The van der Waals surface area contributed by atoms with Crippen LogP contribution in [-0.2, 0) is 17.4 Å². The van der Waals surface area contributed by atoms with Gasteiger partial charge in [-0.1, -0.05) is 39.8 Å². The van der Waals surface area contributed by atoms with Crippen LogP contribution in [0.2, 0.25) is 0 Å². The number of pyridine rings is 1. The van der Waals surface area contributed by atoms with E-state index in [0.29, 0.717) is 12.2 Å². The molecule has 0 bridgehead atoms. The SMILES string of the molecule is CN(Cc1cccc(=O)[nH]1)C(=O)Nc1ccc2c(c1)C(C)(C)CC2(C)C. The molecular weight excluding hydrogens is 326 g/mol. The lowest BCUT2D eigenvalue weighted by Crippen LogP contribution is -2.31. The van der Waals surface area contributed by atoms with Gasteiger partial charge in [-0.3, -0.25) is 4.79 Å². The Hall–Kier alpha value is -2.56. The number of nitrogens with one attached hydrogen (secondary N) is 2. The number of aromatic nitrogens is 1. The van der Waals surface area contributed by atoms with Crippen LogP contribution in [0.25, 0.3) is 0 Å². The van der Waals surface area contributed by atoms with Crippen molar-refractivity contribution in [2.75, 3.05) is 12.4 Å². The summed E-state index contributed by atoms with van der Waals surface area (Å²) < 4.78 is 0. The maximum atomic E-state index is 12.5. The highest BCUT2D eigenvalue weighted by atomic mass is 16.2. The molecule has 26 heavy (non-hydrogen) atoms. The van der Waals surface area contributed by atoms with Crippen molar-refractivity contribution in [2.45, 2.75) is 51.5 Å². The Kier molecular flexibility index (Phi) is 4.42.